The lowest BCUT2D eigenvalue weighted by Crippen LogP contribution is -2.67. The molecule has 0 N–H and O–H groups in total. The Labute approximate surface area is 151 Å². The highest BCUT2D eigenvalue weighted by atomic mass is 19.4. The van der Waals surface area contributed by atoms with Crippen molar-refractivity contribution in [3.05, 3.63) is 0 Å². The SMILES string of the molecule is O=C(OCC(F)(F)C(F)(F)C(F)(F)C(F)(F)C(F)(F)F)OC(C(F)(F)F)C(F)(F)F. The summed E-state index contributed by atoms with van der Waals surface area (Å²) in [6, 6.07) is 0. The zero-order chi connectivity index (χ0) is 24.8. The van der Waals surface area contributed by atoms with Gasteiger partial charge in [-0.25, -0.2) is 4.79 Å². The Balaban J connectivity index is 5.60. The van der Waals surface area contributed by atoms with Crippen LogP contribution in [-0.2, 0) is 9.47 Å². The van der Waals surface area contributed by atoms with Gasteiger partial charge >= 0.3 is 48.4 Å². The molecule has 0 radical (unpaired) electrons. The number of hydrogen-bond donors (Lipinski definition) is 0. The minimum atomic E-state index is -7.92. The van der Waals surface area contributed by atoms with Crippen molar-refractivity contribution >= 4 is 6.16 Å². The summed E-state index contributed by atoms with van der Waals surface area (Å²) in [5, 5.41) is 0. The minimum Gasteiger partial charge on any atom is -0.428 e. The maximum absolute atomic E-state index is 13.1. The van der Waals surface area contributed by atoms with Crippen LogP contribution in [-0.4, -0.2) is 61.1 Å². The van der Waals surface area contributed by atoms with Crippen LogP contribution in [0.4, 0.5) is 79.4 Å². The molecule has 0 saturated carbocycles. The second-order valence-corrected chi connectivity index (χ2v) is 5.05. The molecule has 0 heterocycles. The van der Waals surface area contributed by atoms with Crippen molar-refractivity contribution in [1.29, 1.82) is 0 Å². The fraction of sp³-hybridized carbons (Fsp3) is 0.900. The first-order valence-electron chi connectivity index (χ1n) is 6.28. The molecule has 0 saturated heterocycles. The van der Waals surface area contributed by atoms with Gasteiger partial charge < -0.3 is 9.47 Å². The van der Waals surface area contributed by atoms with Crippen molar-refractivity contribution in [2.45, 2.75) is 48.3 Å². The third-order valence-corrected chi connectivity index (χ3v) is 2.78. The smallest absolute Gasteiger partial charge is 0.428 e. The van der Waals surface area contributed by atoms with Gasteiger partial charge in [0.1, 0.15) is 0 Å². The van der Waals surface area contributed by atoms with E-state index in [1.807, 2.05) is 0 Å². The second-order valence-electron chi connectivity index (χ2n) is 5.05. The molecular formula is C10H3F17O3. The molecule has 0 aromatic carbocycles. The molecule has 30 heavy (non-hydrogen) atoms. The third kappa shape index (κ3) is 5.22. The van der Waals surface area contributed by atoms with Gasteiger partial charge in [0.15, 0.2) is 6.61 Å². The highest BCUT2D eigenvalue weighted by Crippen LogP contribution is 2.57. The highest BCUT2D eigenvalue weighted by Gasteiger charge is 2.87. The average molecular weight is 494 g/mol. The quantitative estimate of drug-likeness (QED) is 0.350. The molecule has 0 aromatic heterocycles. The standard InChI is InChI=1S/C10H3F17O3/c11-4(12,7(19,20)8(21,22)9(23,24)10(25,26)27)1-29-3(28)30-2(5(13,14)15)6(16,17)18/h2H,1H2. The third-order valence-electron chi connectivity index (χ3n) is 2.78. The first kappa shape index (κ1) is 28.1. The van der Waals surface area contributed by atoms with E-state index >= 15 is 0 Å². The van der Waals surface area contributed by atoms with Gasteiger partial charge in [-0.15, -0.1) is 0 Å². The first-order valence-corrected chi connectivity index (χ1v) is 6.28. The van der Waals surface area contributed by atoms with Crippen molar-refractivity contribution in [1.82, 2.24) is 0 Å². The molecule has 0 aromatic rings. The predicted octanol–water partition coefficient (Wildman–Crippen LogP) is 5.74. The predicted molar refractivity (Wildman–Crippen MR) is 54.2 cm³/mol. The number of hydrogen-bond acceptors (Lipinski definition) is 3. The van der Waals surface area contributed by atoms with E-state index in [1.54, 1.807) is 0 Å². The molecule has 0 amide bonds. The summed E-state index contributed by atoms with van der Waals surface area (Å²) >= 11 is 0. The summed E-state index contributed by atoms with van der Waals surface area (Å²) in [5.74, 6) is -30.3. The summed E-state index contributed by atoms with van der Waals surface area (Å²) in [6.07, 6.45) is -29.0. The van der Waals surface area contributed by atoms with Gasteiger partial charge in [0.2, 0.25) is 0 Å². The lowest BCUT2D eigenvalue weighted by atomic mass is 9.98. The van der Waals surface area contributed by atoms with Gasteiger partial charge in [-0.1, -0.05) is 0 Å². The van der Waals surface area contributed by atoms with Gasteiger partial charge in [0.25, 0.3) is 6.10 Å². The van der Waals surface area contributed by atoms with Crippen LogP contribution >= 0.6 is 0 Å². The number of carbonyl (C=O) groups excluding carboxylic acids is 1. The van der Waals surface area contributed by atoms with E-state index < -0.39 is 61.1 Å². The monoisotopic (exact) mass is 494 g/mol. The van der Waals surface area contributed by atoms with Gasteiger partial charge in [0.05, 0.1) is 0 Å². The largest absolute Gasteiger partial charge is 0.509 e. The van der Waals surface area contributed by atoms with E-state index in [9.17, 15) is 79.4 Å². The molecule has 0 bridgehead atoms. The van der Waals surface area contributed by atoms with Crippen molar-refractivity contribution in [3.8, 4) is 0 Å². The van der Waals surface area contributed by atoms with E-state index in [2.05, 4.69) is 9.47 Å². The molecule has 0 aliphatic heterocycles. The van der Waals surface area contributed by atoms with Gasteiger partial charge in [0, 0.05) is 0 Å². The number of ether oxygens (including phenoxy) is 2. The average Bonchev–Trinajstić information content (AvgIpc) is 2.46. The normalized spacial score (nSPS) is 15.4. The highest BCUT2D eigenvalue weighted by molar-refractivity contribution is 5.60. The molecule has 0 fully saturated rings. The van der Waals surface area contributed by atoms with Gasteiger partial charge in [-0.3, -0.25) is 0 Å². The van der Waals surface area contributed by atoms with Crippen LogP contribution in [0.25, 0.3) is 0 Å². The number of halogens is 17. The van der Waals surface area contributed by atoms with E-state index in [4.69, 9.17) is 0 Å². The molecule has 0 rings (SSSR count). The van der Waals surface area contributed by atoms with Crippen LogP contribution in [0.1, 0.15) is 0 Å². The van der Waals surface area contributed by atoms with Crippen molar-refractivity contribution in [2.75, 3.05) is 6.61 Å². The van der Waals surface area contributed by atoms with Crippen LogP contribution in [0.2, 0.25) is 0 Å². The van der Waals surface area contributed by atoms with Crippen molar-refractivity contribution in [3.63, 3.8) is 0 Å². The zero-order valence-electron chi connectivity index (χ0n) is 12.9. The maximum atomic E-state index is 13.1. The molecule has 0 spiro atoms. The van der Waals surface area contributed by atoms with Crippen molar-refractivity contribution in [2.24, 2.45) is 0 Å². The van der Waals surface area contributed by atoms with E-state index in [0.29, 0.717) is 0 Å². The first-order chi connectivity index (χ1) is 12.7. The minimum absolute atomic E-state index is 2.49. The summed E-state index contributed by atoms with van der Waals surface area (Å²) in [6.45, 7) is -3.68. The topological polar surface area (TPSA) is 35.5 Å². The summed E-state index contributed by atoms with van der Waals surface area (Å²) in [4.78, 5) is 10.6. The lowest BCUT2D eigenvalue weighted by molar-refractivity contribution is -0.424. The fourth-order valence-electron chi connectivity index (χ4n) is 1.29. The molecule has 0 atom stereocenters. The summed E-state index contributed by atoms with van der Waals surface area (Å²) in [7, 11) is 0. The number of alkyl halides is 17. The molecule has 180 valence electrons. The Morgan fingerprint density at radius 2 is 0.967 bits per heavy atom. The van der Waals surface area contributed by atoms with Crippen LogP contribution in [0.5, 0.6) is 0 Å². The fourth-order valence-corrected chi connectivity index (χ4v) is 1.29. The molecule has 0 aliphatic carbocycles. The van der Waals surface area contributed by atoms with Crippen LogP contribution in [0.3, 0.4) is 0 Å². The van der Waals surface area contributed by atoms with Crippen molar-refractivity contribution < 1.29 is 88.9 Å². The second kappa shape index (κ2) is 7.65. The maximum Gasteiger partial charge on any atom is 0.509 e. The van der Waals surface area contributed by atoms with E-state index in [1.165, 1.54) is 0 Å². The Kier molecular flexibility index (Phi) is 7.16. The molecular weight excluding hydrogens is 491 g/mol. The lowest BCUT2D eigenvalue weighted by Gasteiger charge is -2.36. The van der Waals surface area contributed by atoms with Gasteiger partial charge in [-0.2, -0.15) is 74.6 Å². The Bertz CT molecular complexity index is 599. The Morgan fingerprint density at radius 3 is 1.27 bits per heavy atom. The summed E-state index contributed by atoms with van der Waals surface area (Å²) < 4.78 is 216. The van der Waals surface area contributed by atoms with Gasteiger partial charge in [-0.05, 0) is 0 Å². The summed E-state index contributed by atoms with van der Waals surface area (Å²) in [5.41, 5.74) is 0. The number of carbonyl (C=O) groups is 1. The van der Waals surface area contributed by atoms with Crippen LogP contribution in [0, 0.1) is 0 Å². The van der Waals surface area contributed by atoms with E-state index in [0.717, 1.165) is 0 Å². The Hall–Kier alpha value is -1.92. The van der Waals surface area contributed by atoms with E-state index in [-0.39, 0.29) is 0 Å². The molecule has 0 unspecified atom stereocenters. The Morgan fingerprint density at radius 1 is 0.600 bits per heavy atom. The van der Waals surface area contributed by atoms with Crippen LogP contribution in [0.15, 0.2) is 0 Å². The molecule has 0 aliphatic rings. The van der Waals surface area contributed by atoms with Crippen LogP contribution < -0.4 is 0 Å². The number of rotatable bonds is 6. The molecule has 20 heteroatoms. The zero-order valence-corrected chi connectivity index (χ0v) is 12.9. The molecule has 3 nitrogen and oxygen atoms in total.